The minimum atomic E-state index is -0.804. The highest BCUT2D eigenvalue weighted by Crippen LogP contribution is 2.22. The van der Waals surface area contributed by atoms with Gasteiger partial charge in [-0.2, -0.15) is 9.97 Å². The molecule has 0 aliphatic rings. The van der Waals surface area contributed by atoms with Crippen LogP contribution in [0.4, 0.5) is 10.7 Å². The molecule has 0 fully saturated rings. The van der Waals surface area contributed by atoms with E-state index in [9.17, 15) is 4.79 Å². The lowest BCUT2D eigenvalue weighted by atomic mass is 10.3. The molecule has 5 N–H and O–H groups in total. The average Bonchev–Trinajstić information content (AvgIpc) is 3.11. The van der Waals surface area contributed by atoms with Gasteiger partial charge in [0.15, 0.2) is 11.2 Å². The fourth-order valence-electron chi connectivity index (χ4n) is 1.80. The Balaban J connectivity index is 1.69. The lowest BCUT2D eigenvalue weighted by Gasteiger charge is -2.04. The molecule has 0 bridgehead atoms. The first-order valence-corrected chi connectivity index (χ1v) is 7.07. The lowest BCUT2D eigenvalue weighted by molar-refractivity contribution is 0.150. The zero-order chi connectivity index (χ0) is 15.5. The first-order chi connectivity index (χ1) is 10.6. The van der Waals surface area contributed by atoms with Gasteiger partial charge in [0.25, 0.3) is 0 Å². The number of rotatable bonds is 5. The number of carbonyl (C=O) groups excluding carboxylic acids is 1. The summed E-state index contributed by atoms with van der Waals surface area (Å²) >= 11 is 1.47. The number of H-pyrrole nitrogens is 1. The van der Waals surface area contributed by atoms with Crippen LogP contribution in [0.1, 0.15) is 10.4 Å². The summed E-state index contributed by atoms with van der Waals surface area (Å²) in [6.45, 7) is 0.426. The second-order valence-corrected chi connectivity index (χ2v) is 5.30. The minimum Gasteiger partial charge on any atom is -0.470 e. The molecule has 0 radical (unpaired) electrons. The van der Waals surface area contributed by atoms with E-state index in [0.717, 1.165) is 10.4 Å². The monoisotopic (exact) mass is 320 g/mol. The summed E-state index contributed by atoms with van der Waals surface area (Å²) in [5.41, 5.74) is 12.4. The van der Waals surface area contributed by atoms with E-state index in [1.54, 1.807) is 0 Å². The van der Waals surface area contributed by atoms with E-state index < -0.39 is 6.09 Å². The van der Waals surface area contributed by atoms with Gasteiger partial charge in [0.2, 0.25) is 11.8 Å². The Morgan fingerprint density at radius 1 is 1.36 bits per heavy atom. The number of hydrogen-bond donors (Lipinski definition) is 3. The Kier molecular flexibility index (Phi) is 3.74. The van der Waals surface area contributed by atoms with Crippen molar-refractivity contribution >= 4 is 34.5 Å². The molecule has 0 aliphatic carbocycles. The summed E-state index contributed by atoms with van der Waals surface area (Å²) in [7, 11) is 0. The number of primary amides is 1. The zero-order valence-electron chi connectivity index (χ0n) is 11.3. The Bertz CT molecular complexity index is 814. The van der Waals surface area contributed by atoms with E-state index in [1.165, 1.54) is 17.7 Å². The first kappa shape index (κ1) is 14.1. The summed E-state index contributed by atoms with van der Waals surface area (Å²) < 4.78 is 10.4. The van der Waals surface area contributed by atoms with Gasteiger partial charge >= 0.3 is 6.09 Å². The third kappa shape index (κ3) is 3.06. The van der Waals surface area contributed by atoms with Crippen LogP contribution in [0.5, 0.6) is 5.88 Å². The van der Waals surface area contributed by atoms with Crippen LogP contribution in [0.3, 0.4) is 0 Å². The molecule has 0 saturated heterocycles. The average molecular weight is 320 g/mol. The molecule has 114 valence electrons. The van der Waals surface area contributed by atoms with E-state index in [4.69, 9.17) is 20.9 Å². The van der Waals surface area contributed by atoms with Crippen LogP contribution >= 0.6 is 11.3 Å². The van der Waals surface area contributed by atoms with Crippen molar-refractivity contribution in [1.82, 2.24) is 19.9 Å². The van der Waals surface area contributed by atoms with Crippen molar-refractivity contribution in [1.29, 1.82) is 0 Å². The van der Waals surface area contributed by atoms with E-state index >= 15 is 0 Å². The molecule has 3 aromatic rings. The molecule has 22 heavy (non-hydrogen) atoms. The van der Waals surface area contributed by atoms with E-state index in [0.29, 0.717) is 23.7 Å². The number of anilines is 1. The molecule has 0 spiro atoms. The number of carbonyl (C=O) groups is 1. The number of nitrogens with two attached hydrogens (primary N) is 2. The van der Waals surface area contributed by atoms with Crippen molar-refractivity contribution in [3.05, 3.63) is 28.2 Å². The maximum Gasteiger partial charge on any atom is 0.404 e. The van der Waals surface area contributed by atoms with Crippen LogP contribution in [0.2, 0.25) is 0 Å². The van der Waals surface area contributed by atoms with Crippen molar-refractivity contribution in [3.63, 3.8) is 0 Å². The molecule has 9 nitrogen and oxygen atoms in total. The molecular formula is C12H12N6O3S. The lowest BCUT2D eigenvalue weighted by Crippen LogP contribution is -2.12. The maximum atomic E-state index is 10.6. The number of nitrogens with zero attached hydrogens (tertiary/aromatic N) is 3. The number of imidazole rings is 1. The van der Waals surface area contributed by atoms with Crippen LogP contribution in [0, 0.1) is 0 Å². The zero-order valence-corrected chi connectivity index (χ0v) is 12.1. The molecule has 1 amide bonds. The van der Waals surface area contributed by atoms with Crippen LogP contribution in [-0.2, 0) is 18.0 Å². The van der Waals surface area contributed by atoms with Gasteiger partial charge in [-0.3, -0.25) is 0 Å². The molecule has 3 rings (SSSR count). The van der Waals surface area contributed by atoms with Crippen LogP contribution < -0.4 is 16.2 Å². The van der Waals surface area contributed by atoms with Crippen LogP contribution in [-0.4, -0.2) is 26.0 Å². The number of hydrogen-bond acceptors (Lipinski definition) is 8. The largest absolute Gasteiger partial charge is 0.470 e. The number of thiophene rings is 1. The third-order valence-electron chi connectivity index (χ3n) is 2.70. The number of fused-ring (bicyclic) bond motifs is 1. The van der Waals surface area contributed by atoms with E-state index in [-0.39, 0.29) is 12.6 Å². The fraction of sp³-hybridized carbons (Fsp3) is 0.167. The minimum absolute atomic E-state index is 0.105. The number of aromatic amines is 1. The van der Waals surface area contributed by atoms with Gasteiger partial charge in [0.05, 0.1) is 6.33 Å². The van der Waals surface area contributed by atoms with Crippen molar-refractivity contribution in [2.24, 2.45) is 5.73 Å². The summed E-state index contributed by atoms with van der Waals surface area (Å²) in [4.78, 5) is 26.5. The number of aromatic nitrogens is 4. The molecule has 3 heterocycles. The molecule has 0 aromatic carbocycles. The molecule has 3 aromatic heterocycles. The quantitative estimate of drug-likeness (QED) is 0.640. The first-order valence-electron chi connectivity index (χ1n) is 6.19. The summed E-state index contributed by atoms with van der Waals surface area (Å²) in [6, 6.07) is 1.86. The van der Waals surface area contributed by atoms with Crippen LogP contribution in [0.15, 0.2) is 17.8 Å². The number of amides is 1. The fourth-order valence-corrected chi connectivity index (χ4v) is 2.58. The van der Waals surface area contributed by atoms with Crippen molar-refractivity contribution in [2.45, 2.75) is 13.2 Å². The summed E-state index contributed by atoms with van der Waals surface area (Å²) in [5.74, 6) is 0.417. The second kappa shape index (κ2) is 5.85. The van der Waals surface area contributed by atoms with Crippen molar-refractivity contribution < 1.29 is 14.3 Å². The molecule has 0 saturated carbocycles. The van der Waals surface area contributed by atoms with Crippen LogP contribution in [0.25, 0.3) is 11.2 Å². The van der Waals surface area contributed by atoms with Gasteiger partial charge in [-0.15, -0.1) is 11.3 Å². The van der Waals surface area contributed by atoms with Gasteiger partial charge in [-0.05, 0) is 11.4 Å². The Labute approximate surface area is 128 Å². The summed E-state index contributed by atoms with van der Waals surface area (Å²) in [5, 5.41) is 1.86. The predicted molar refractivity (Wildman–Crippen MR) is 79.1 cm³/mol. The molecule has 0 unspecified atom stereocenters. The maximum absolute atomic E-state index is 10.6. The highest BCUT2D eigenvalue weighted by atomic mass is 32.1. The summed E-state index contributed by atoms with van der Waals surface area (Å²) in [6.07, 6.45) is 0.692. The Morgan fingerprint density at radius 3 is 3.05 bits per heavy atom. The second-order valence-electron chi connectivity index (χ2n) is 4.30. The van der Waals surface area contributed by atoms with E-state index in [1.807, 2.05) is 11.4 Å². The molecule has 10 heteroatoms. The predicted octanol–water partition coefficient (Wildman–Crippen LogP) is 1.17. The van der Waals surface area contributed by atoms with E-state index in [2.05, 4.69) is 19.9 Å². The van der Waals surface area contributed by atoms with Gasteiger partial charge in [0, 0.05) is 10.4 Å². The highest BCUT2D eigenvalue weighted by molar-refractivity contribution is 7.10. The van der Waals surface area contributed by atoms with Crippen molar-refractivity contribution in [3.8, 4) is 5.88 Å². The van der Waals surface area contributed by atoms with Crippen molar-refractivity contribution in [2.75, 3.05) is 5.73 Å². The smallest absolute Gasteiger partial charge is 0.404 e. The normalized spacial score (nSPS) is 10.7. The van der Waals surface area contributed by atoms with Gasteiger partial charge in [0.1, 0.15) is 13.2 Å². The third-order valence-corrected chi connectivity index (χ3v) is 3.66. The van der Waals surface area contributed by atoms with Gasteiger partial charge in [-0.25, -0.2) is 9.78 Å². The Morgan fingerprint density at radius 2 is 2.23 bits per heavy atom. The topological polar surface area (TPSA) is 142 Å². The number of nitrogens with one attached hydrogen (secondary N) is 1. The SMILES string of the molecule is NC(=O)OCc1csc(COc2nc(N)nc3[nH]cnc23)c1. The highest BCUT2D eigenvalue weighted by Gasteiger charge is 2.11. The number of ether oxygens (including phenoxy) is 2. The molecule has 0 aliphatic heterocycles. The molecule has 0 atom stereocenters. The standard InChI is InChI=1S/C12H12N6O3S/c13-11-17-9-8(15-5-16-9)10(18-11)20-3-7-1-6(4-22-7)2-21-12(14)19/h1,4-5H,2-3H2,(H2,14,19)(H3,13,15,16,17,18). The van der Waals surface area contributed by atoms with Gasteiger partial charge in [-0.1, -0.05) is 0 Å². The number of nitrogen functional groups attached to an aromatic ring is 1. The Hall–Kier alpha value is -2.88. The molecular weight excluding hydrogens is 308 g/mol. The van der Waals surface area contributed by atoms with Gasteiger partial charge < -0.3 is 25.9 Å².